The molecule has 0 aliphatic carbocycles. The molecule has 2 rings (SSSR count). The average Bonchev–Trinajstić information content (AvgIpc) is 2.38. The molecule has 0 heterocycles. The van der Waals surface area contributed by atoms with Crippen molar-refractivity contribution >= 4 is 24.2 Å². The summed E-state index contributed by atoms with van der Waals surface area (Å²) in [7, 11) is 0. The number of benzene rings is 2. The summed E-state index contributed by atoms with van der Waals surface area (Å²) in [5.41, 5.74) is 0.995. The molecule has 1 amide bonds. The van der Waals surface area contributed by atoms with Crippen molar-refractivity contribution in [2.24, 2.45) is 0 Å². The largest absolute Gasteiger partial charge is 0.322 e. The second kappa shape index (κ2) is 5.40. The summed E-state index contributed by atoms with van der Waals surface area (Å²) < 4.78 is 26.4. The number of rotatable bonds is 2. The summed E-state index contributed by atoms with van der Waals surface area (Å²) >= 11 is 3.91. The van der Waals surface area contributed by atoms with Crippen LogP contribution < -0.4 is 5.32 Å². The predicted molar refractivity (Wildman–Crippen MR) is 72.7 cm³/mol. The highest BCUT2D eigenvalue weighted by Gasteiger charge is 2.11. The summed E-state index contributed by atoms with van der Waals surface area (Å²) in [6.45, 7) is 1.57. The monoisotopic (exact) mass is 279 g/mol. The van der Waals surface area contributed by atoms with Gasteiger partial charge in [0.1, 0.15) is 11.6 Å². The van der Waals surface area contributed by atoms with Crippen molar-refractivity contribution in [1.29, 1.82) is 0 Å². The van der Waals surface area contributed by atoms with Gasteiger partial charge in [0.15, 0.2) is 0 Å². The number of carbonyl (C=O) groups is 1. The minimum Gasteiger partial charge on any atom is -0.322 e. The zero-order valence-corrected chi connectivity index (χ0v) is 11.0. The molecular weight excluding hydrogens is 268 g/mol. The smallest absolute Gasteiger partial charge is 0.255 e. The minimum atomic E-state index is -0.498. The molecule has 0 spiro atoms. The van der Waals surface area contributed by atoms with E-state index in [4.69, 9.17) is 0 Å². The van der Waals surface area contributed by atoms with E-state index in [1.165, 1.54) is 24.3 Å². The van der Waals surface area contributed by atoms with E-state index < -0.39 is 17.5 Å². The number of thiol groups is 1. The van der Waals surface area contributed by atoms with Gasteiger partial charge in [0, 0.05) is 21.7 Å². The SMILES string of the molecule is Cc1c(F)cccc1NC(=O)c1ccc(F)c(S)c1. The Morgan fingerprint density at radius 2 is 1.89 bits per heavy atom. The molecule has 5 heteroatoms. The first kappa shape index (κ1) is 13.5. The summed E-state index contributed by atoms with van der Waals surface area (Å²) in [5, 5.41) is 2.58. The van der Waals surface area contributed by atoms with Crippen molar-refractivity contribution in [3.8, 4) is 0 Å². The van der Waals surface area contributed by atoms with Gasteiger partial charge in [-0.1, -0.05) is 6.07 Å². The molecule has 0 fully saturated rings. The molecule has 2 aromatic carbocycles. The molecule has 0 aliphatic heterocycles. The first-order valence-electron chi connectivity index (χ1n) is 5.54. The van der Waals surface area contributed by atoms with Crippen LogP contribution in [0, 0.1) is 18.6 Å². The third-order valence-corrected chi connectivity index (χ3v) is 3.07. The van der Waals surface area contributed by atoms with Crippen LogP contribution in [0.2, 0.25) is 0 Å². The lowest BCUT2D eigenvalue weighted by Crippen LogP contribution is -2.13. The number of anilines is 1. The van der Waals surface area contributed by atoms with Gasteiger partial charge < -0.3 is 5.32 Å². The first-order chi connectivity index (χ1) is 8.99. The summed E-state index contributed by atoms with van der Waals surface area (Å²) in [6, 6.07) is 8.25. The summed E-state index contributed by atoms with van der Waals surface area (Å²) in [6.07, 6.45) is 0. The van der Waals surface area contributed by atoms with Crippen LogP contribution in [0.5, 0.6) is 0 Å². The number of halogens is 2. The van der Waals surface area contributed by atoms with Crippen molar-refractivity contribution < 1.29 is 13.6 Å². The van der Waals surface area contributed by atoms with Gasteiger partial charge in [-0.05, 0) is 37.3 Å². The quantitative estimate of drug-likeness (QED) is 0.804. The Hall–Kier alpha value is -1.88. The zero-order valence-electron chi connectivity index (χ0n) is 10.1. The van der Waals surface area contributed by atoms with Gasteiger partial charge in [0.05, 0.1) is 0 Å². The van der Waals surface area contributed by atoms with Crippen LogP contribution in [0.1, 0.15) is 15.9 Å². The fourth-order valence-corrected chi connectivity index (χ4v) is 1.80. The van der Waals surface area contributed by atoms with E-state index in [2.05, 4.69) is 17.9 Å². The Kier molecular flexibility index (Phi) is 3.85. The standard InChI is InChI=1S/C14H11F2NOS/c1-8-10(15)3-2-4-12(8)17-14(18)9-5-6-11(16)13(19)7-9/h2-7,19H,1H3,(H,17,18). The highest BCUT2D eigenvalue weighted by Crippen LogP contribution is 2.19. The molecule has 0 unspecified atom stereocenters. The van der Waals surface area contributed by atoms with Crippen LogP contribution >= 0.6 is 12.6 Å². The van der Waals surface area contributed by atoms with E-state index in [-0.39, 0.29) is 10.5 Å². The van der Waals surface area contributed by atoms with Crippen molar-refractivity contribution in [3.05, 3.63) is 59.2 Å². The fraction of sp³-hybridized carbons (Fsp3) is 0.0714. The molecule has 2 nitrogen and oxygen atoms in total. The Balaban J connectivity index is 2.26. The van der Waals surface area contributed by atoms with Gasteiger partial charge in [-0.25, -0.2) is 8.78 Å². The molecule has 0 aromatic heterocycles. The minimum absolute atomic E-state index is 0.0867. The molecular formula is C14H11F2NOS. The second-order valence-corrected chi connectivity index (χ2v) is 4.51. The third kappa shape index (κ3) is 2.93. The van der Waals surface area contributed by atoms with E-state index in [9.17, 15) is 13.6 Å². The zero-order chi connectivity index (χ0) is 14.0. The molecule has 19 heavy (non-hydrogen) atoms. The second-order valence-electron chi connectivity index (χ2n) is 4.03. The average molecular weight is 279 g/mol. The molecule has 0 radical (unpaired) electrons. The first-order valence-corrected chi connectivity index (χ1v) is 5.98. The molecule has 2 aromatic rings. The lowest BCUT2D eigenvalue weighted by atomic mass is 10.1. The van der Waals surface area contributed by atoms with Crippen LogP contribution in [0.15, 0.2) is 41.3 Å². The highest BCUT2D eigenvalue weighted by atomic mass is 32.1. The Morgan fingerprint density at radius 3 is 2.58 bits per heavy atom. The lowest BCUT2D eigenvalue weighted by Gasteiger charge is -2.09. The number of nitrogens with one attached hydrogen (secondary N) is 1. The molecule has 0 saturated carbocycles. The summed E-state index contributed by atoms with van der Waals surface area (Å²) in [4.78, 5) is 12.0. The third-order valence-electron chi connectivity index (χ3n) is 2.72. The maximum atomic E-state index is 13.3. The molecule has 0 bridgehead atoms. The van der Waals surface area contributed by atoms with Crippen LogP contribution in [-0.4, -0.2) is 5.91 Å². The molecule has 0 aliphatic rings. The van der Waals surface area contributed by atoms with Gasteiger partial charge in [0.25, 0.3) is 5.91 Å². The van der Waals surface area contributed by atoms with E-state index in [1.54, 1.807) is 13.0 Å². The van der Waals surface area contributed by atoms with E-state index in [1.807, 2.05) is 0 Å². The molecule has 98 valence electrons. The van der Waals surface area contributed by atoms with Gasteiger partial charge in [-0.2, -0.15) is 0 Å². The topological polar surface area (TPSA) is 29.1 Å². The van der Waals surface area contributed by atoms with Gasteiger partial charge >= 0.3 is 0 Å². The van der Waals surface area contributed by atoms with Crippen molar-refractivity contribution in [3.63, 3.8) is 0 Å². The van der Waals surface area contributed by atoms with Crippen LogP contribution in [0.25, 0.3) is 0 Å². The van der Waals surface area contributed by atoms with Gasteiger partial charge in [0.2, 0.25) is 0 Å². The fourth-order valence-electron chi connectivity index (χ4n) is 1.59. The predicted octanol–water partition coefficient (Wildman–Crippen LogP) is 3.81. The Labute approximate surface area is 114 Å². The molecule has 1 N–H and O–H groups in total. The van der Waals surface area contributed by atoms with Crippen molar-refractivity contribution in [2.45, 2.75) is 11.8 Å². The van der Waals surface area contributed by atoms with Crippen LogP contribution in [0.4, 0.5) is 14.5 Å². The number of hydrogen-bond donors (Lipinski definition) is 2. The van der Waals surface area contributed by atoms with E-state index in [0.717, 1.165) is 6.07 Å². The van der Waals surface area contributed by atoms with E-state index >= 15 is 0 Å². The maximum Gasteiger partial charge on any atom is 0.255 e. The van der Waals surface area contributed by atoms with Crippen LogP contribution in [-0.2, 0) is 0 Å². The lowest BCUT2D eigenvalue weighted by molar-refractivity contribution is 0.102. The van der Waals surface area contributed by atoms with Crippen molar-refractivity contribution in [2.75, 3.05) is 5.32 Å². The molecule has 0 atom stereocenters. The highest BCUT2D eigenvalue weighted by molar-refractivity contribution is 7.80. The number of carbonyl (C=O) groups excluding carboxylic acids is 1. The van der Waals surface area contributed by atoms with Crippen LogP contribution in [0.3, 0.4) is 0 Å². The number of hydrogen-bond acceptors (Lipinski definition) is 2. The molecule has 0 saturated heterocycles. The van der Waals surface area contributed by atoms with Crippen molar-refractivity contribution in [1.82, 2.24) is 0 Å². The Bertz CT molecular complexity index is 643. The maximum absolute atomic E-state index is 13.3. The normalized spacial score (nSPS) is 10.3. The van der Waals surface area contributed by atoms with E-state index in [0.29, 0.717) is 11.3 Å². The summed E-state index contributed by atoms with van der Waals surface area (Å²) in [5.74, 6) is -1.34. The Morgan fingerprint density at radius 1 is 1.16 bits per heavy atom. The number of amides is 1. The van der Waals surface area contributed by atoms with Gasteiger partial charge in [-0.3, -0.25) is 4.79 Å². The van der Waals surface area contributed by atoms with Gasteiger partial charge in [-0.15, -0.1) is 12.6 Å².